The lowest BCUT2D eigenvalue weighted by Gasteiger charge is -2.29. The Morgan fingerprint density at radius 2 is 2.17 bits per heavy atom. The maximum absolute atomic E-state index is 11.1. The first-order valence-corrected chi connectivity index (χ1v) is 7.73. The SMILES string of the molecule is CCC1(NCc2cccc(Cl)c2)Nc2cc(C(=O)O)ccc2O1. The Morgan fingerprint density at radius 1 is 1.35 bits per heavy atom. The van der Waals surface area contributed by atoms with Crippen LogP contribution in [0.4, 0.5) is 5.69 Å². The van der Waals surface area contributed by atoms with Gasteiger partial charge in [0.2, 0.25) is 5.85 Å². The van der Waals surface area contributed by atoms with E-state index in [0.717, 1.165) is 5.56 Å². The van der Waals surface area contributed by atoms with Crippen LogP contribution in [0.5, 0.6) is 5.75 Å². The topological polar surface area (TPSA) is 70.6 Å². The summed E-state index contributed by atoms with van der Waals surface area (Å²) in [6.45, 7) is 2.56. The van der Waals surface area contributed by atoms with Crippen LogP contribution in [0, 0.1) is 0 Å². The fraction of sp³-hybridized carbons (Fsp3) is 0.235. The Labute approximate surface area is 139 Å². The molecule has 5 nitrogen and oxygen atoms in total. The number of fused-ring (bicyclic) bond motifs is 1. The number of hydrogen-bond acceptors (Lipinski definition) is 4. The van der Waals surface area contributed by atoms with Gasteiger partial charge in [0, 0.05) is 18.0 Å². The van der Waals surface area contributed by atoms with Crippen LogP contribution in [0.1, 0.15) is 29.3 Å². The molecule has 0 aliphatic carbocycles. The molecule has 0 amide bonds. The van der Waals surface area contributed by atoms with Crippen LogP contribution in [0.2, 0.25) is 5.02 Å². The number of ether oxygens (including phenoxy) is 1. The highest BCUT2D eigenvalue weighted by Crippen LogP contribution is 2.37. The number of carboxylic acid groups (broad SMARTS) is 1. The molecule has 0 spiro atoms. The van der Waals surface area contributed by atoms with Gasteiger partial charge in [0.1, 0.15) is 5.75 Å². The van der Waals surface area contributed by atoms with Gasteiger partial charge in [0.15, 0.2) is 0 Å². The standard InChI is InChI=1S/C17H17ClN2O3/c1-2-17(19-10-11-4-3-5-13(18)8-11)20-14-9-12(16(21)22)6-7-15(14)23-17/h3-9,19-20H,2,10H2,1H3,(H,21,22). The smallest absolute Gasteiger partial charge is 0.335 e. The molecule has 0 radical (unpaired) electrons. The first-order chi connectivity index (χ1) is 11.0. The molecule has 1 aliphatic rings. The summed E-state index contributed by atoms with van der Waals surface area (Å²) in [4.78, 5) is 11.1. The van der Waals surface area contributed by atoms with E-state index in [9.17, 15) is 4.79 Å². The van der Waals surface area contributed by atoms with Crippen molar-refractivity contribution in [3.05, 3.63) is 58.6 Å². The molecular formula is C17H17ClN2O3. The van der Waals surface area contributed by atoms with Gasteiger partial charge in [-0.05, 0) is 35.9 Å². The van der Waals surface area contributed by atoms with Crippen LogP contribution >= 0.6 is 11.6 Å². The maximum atomic E-state index is 11.1. The molecule has 3 rings (SSSR count). The third-order valence-electron chi connectivity index (χ3n) is 3.81. The molecule has 1 unspecified atom stereocenters. The summed E-state index contributed by atoms with van der Waals surface area (Å²) in [5.74, 6) is -1.09. The Balaban J connectivity index is 1.76. The lowest BCUT2D eigenvalue weighted by Crippen LogP contribution is -2.53. The van der Waals surface area contributed by atoms with Crippen molar-refractivity contribution >= 4 is 23.3 Å². The Morgan fingerprint density at radius 3 is 2.87 bits per heavy atom. The van der Waals surface area contributed by atoms with Gasteiger partial charge >= 0.3 is 5.97 Å². The molecule has 1 heterocycles. The Hall–Kier alpha value is -2.24. The fourth-order valence-electron chi connectivity index (χ4n) is 2.54. The third kappa shape index (κ3) is 3.25. The summed E-state index contributed by atoms with van der Waals surface area (Å²) in [5, 5.41) is 16.4. The monoisotopic (exact) mass is 332 g/mol. The number of halogens is 1. The molecule has 0 aromatic heterocycles. The summed E-state index contributed by atoms with van der Waals surface area (Å²) in [6.07, 6.45) is 0.657. The van der Waals surface area contributed by atoms with Gasteiger partial charge < -0.3 is 15.2 Å². The van der Waals surface area contributed by atoms with Gasteiger partial charge in [-0.25, -0.2) is 4.79 Å². The zero-order valence-corrected chi connectivity index (χ0v) is 13.4. The quantitative estimate of drug-likeness (QED) is 0.779. The van der Waals surface area contributed by atoms with Gasteiger partial charge in [-0.1, -0.05) is 30.7 Å². The van der Waals surface area contributed by atoms with Crippen LogP contribution in [-0.4, -0.2) is 16.9 Å². The van der Waals surface area contributed by atoms with Crippen LogP contribution in [-0.2, 0) is 6.54 Å². The van der Waals surface area contributed by atoms with Crippen molar-refractivity contribution in [2.24, 2.45) is 0 Å². The largest absolute Gasteiger partial charge is 0.478 e. The fourth-order valence-corrected chi connectivity index (χ4v) is 2.75. The molecule has 0 bridgehead atoms. The van der Waals surface area contributed by atoms with E-state index in [2.05, 4.69) is 10.6 Å². The van der Waals surface area contributed by atoms with Gasteiger partial charge in [-0.2, -0.15) is 0 Å². The Kier molecular flexibility index (Phi) is 4.15. The van der Waals surface area contributed by atoms with Gasteiger partial charge in [0.05, 0.1) is 11.3 Å². The summed E-state index contributed by atoms with van der Waals surface area (Å²) >= 11 is 6.00. The first kappa shape index (κ1) is 15.6. The average Bonchev–Trinajstić information content (AvgIpc) is 2.91. The van der Waals surface area contributed by atoms with Crippen molar-refractivity contribution in [2.45, 2.75) is 25.7 Å². The normalized spacial score (nSPS) is 18.9. The number of anilines is 1. The number of rotatable bonds is 5. The predicted molar refractivity (Wildman–Crippen MR) is 89.0 cm³/mol. The molecule has 0 saturated carbocycles. The molecule has 1 atom stereocenters. The van der Waals surface area contributed by atoms with Crippen molar-refractivity contribution in [1.29, 1.82) is 0 Å². The highest BCUT2D eigenvalue weighted by Gasteiger charge is 2.37. The molecule has 120 valence electrons. The summed E-state index contributed by atoms with van der Waals surface area (Å²) in [5.41, 5.74) is 1.94. The Bertz CT molecular complexity index is 750. The summed E-state index contributed by atoms with van der Waals surface area (Å²) < 4.78 is 5.98. The van der Waals surface area contributed by atoms with E-state index in [1.54, 1.807) is 12.1 Å². The van der Waals surface area contributed by atoms with E-state index in [0.29, 0.717) is 29.4 Å². The first-order valence-electron chi connectivity index (χ1n) is 7.35. The van der Waals surface area contributed by atoms with Crippen molar-refractivity contribution < 1.29 is 14.6 Å². The number of carbonyl (C=O) groups is 1. The minimum absolute atomic E-state index is 0.224. The molecule has 0 fully saturated rings. The molecule has 23 heavy (non-hydrogen) atoms. The number of aromatic carboxylic acids is 1. The maximum Gasteiger partial charge on any atom is 0.335 e. The van der Waals surface area contributed by atoms with E-state index in [1.807, 2.05) is 31.2 Å². The van der Waals surface area contributed by atoms with Crippen LogP contribution in [0.25, 0.3) is 0 Å². The van der Waals surface area contributed by atoms with Crippen LogP contribution in [0.3, 0.4) is 0 Å². The predicted octanol–water partition coefficient (Wildman–Crippen LogP) is 3.70. The molecular weight excluding hydrogens is 316 g/mol. The number of carboxylic acids is 1. The lowest BCUT2D eigenvalue weighted by atomic mass is 10.2. The van der Waals surface area contributed by atoms with Crippen LogP contribution in [0.15, 0.2) is 42.5 Å². The minimum atomic E-state index is -0.963. The molecule has 2 aromatic carbocycles. The highest BCUT2D eigenvalue weighted by atomic mass is 35.5. The van der Waals surface area contributed by atoms with Crippen molar-refractivity contribution in [3.8, 4) is 5.75 Å². The van der Waals surface area contributed by atoms with E-state index in [1.165, 1.54) is 6.07 Å². The zero-order chi connectivity index (χ0) is 16.4. The van der Waals surface area contributed by atoms with Crippen molar-refractivity contribution in [2.75, 3.05) is 5.32 Å². The second-order valence-electron chi connectivity index (χ2n) is 5.41. The minimum Gasteiger partial charge on any atom is -0.478 e. The second kappa shape index (κ2) is 6.10. The number of benzene rings is 2. The molecule has 6 heteroatoms. The molecule has 3 N–H and O–H groups in total. The average molecular weight is 333 g/mol. The van der Waals surface area contributed by atoms with Gasteiger partial charge in [-0.3, -0.25) is 5.32 Å². The van der Waals surface area contributed by atoms with E-state index in [-0.39, 0.29) is 5.56 Å². The molecule has 2 aromatic rings. The third-order valence-corrected chi connectivity index (χ3v) is 4.05. The number of nitrogens with one attached hydrogen (secondary N) is 2. The van der Waals surface area contributed by atoms with Crippen LogP contribution < -0.4 is 15.4 Å². The van der Waals surface area contributed by atoms with E-state index in [4.69, 9.17) is 21.4 Å². The lowest BCUT2D eigenvalue weighted by molar-refractivity contribution is 0.0697. The summed E-state index contributed by atoms with van der Waals surface area (Å²) in [7, 11) is 0. The second-order valence-corrected chi connectivity index (χ2v) is 5.84. The molecule has 0 saturated heterocycles. The van der Waals surface area contributed by atoms with Gasteiger partial charge in [0.25, 0.3) is 0 Å². The van der Waals surface area contributed by atoms with Crippen molar-refractivity contribution in [3.63, 3.8) is 0 Å². The zero-order valence-electron chi connectivity index (χ0n) is 12.6. The number of hydrogen-bond donors (Lipinski definition) is 3. The van der Waals surface area contributed by atoms with Crippen molar-refractivity contribution in [1.82, 2.24) is 5.32 Å². The molecule has 1 aliphatic heterocycles. The summed E-state index contributed by atoms with van der Waals surface area (Å²) in [6, 6.07) is 12.4. The van der Waals surface area contributed by atoms with E-state index < -0.39 is 11.8 Å². The van der Waals surface area contributed by atoms with Gasteiger partial charge in [-0.15, -0.1) is 0 Å². The van der Waals surface area contributed by atoms with E-state index >= 15 is 0 Å². The highest BCUT2D eigenvalue weighted by molar-refractivity contribution is 6.30.